The molecule has 2 aromatic rings. The highest BCUT2D eigenvalue weighted by Crippen LogP contribution is 2.57. The molecule has 2 aromatic carbocycles. The van der Waals surface area contributed by atoms with Crippen molar-refractivity contribution in [2.45, 2.75) is 24.1 Å². The number of sulfonamides is 1. The first kappa shape index (κ1) is 18.9. The highest BCUT2D eigenvalue weighted by molar-refractivity contribution is 7.89. The largest absolute Gasteiger partial charge is 0.573 e. The minimum atomic E-state index is -4.72. The van der Waals surface area contributed by atoms with E-state index in [2.05, 4.69) is 4.74 Å². The van der Waals surface area contributed by atoms with Crippen LogP contribution in [0.25, 0.3) is 0 Å². The molecule has 0 radical (unpaired) electrons. The van der Waals surface area contributed by atoms with Crippen molar-refractivity contribution in [3.63, 3.8) is 0 Å². The van der Waals surface area contributed by atoms with Gasteiger partial charge in [-0.25, -0.2) is 8.42 Å². The Balaban J connectivity index is 1.47. The van der Waals surface area contributed by atoms with E-state index >= 15 is 0 Å². The van der Waals surface area contributed by atoms with Gasteiger partial charge in [0.25, 0.3) is 10.0 Å². The van der Waals surface area contributed by atoms with Gasteiger partial charge in [-0.3, -0.25) is 4.31 Å². The third-order valence-corrected chi connectivity index (χ3v) is 6.98. The zero-order valence-corrected chi connectivity index (χ0v) is 15.7. The Morgan fingerprint density at radius 2 is 1.68 bits per heavy atom. The maximum Gasteiger partial charge on any atom is 0.573 e. The number of fused-ring (bicyclic) bond motifs is 1. The second-order valence-corrected chi connectivity index (χ2v) is 9.00. The standard InChI is InChI=1S/C20H18F3NO3S/c1-13-2-8-16(9-3-13)28(25,26)24-11-10-17-18(12-24)19(17)14-4-6-15(7-5-14)27-20(21,22)23/h2-11,17-19H,12H2,1H3/t17-,18+,19+/m1/s1. The molecule has 0 saturated heterocycles. The lowest BCUT2D eigenvalue weighted by molar-refractivity contribution is -0.274. The number of hydrogen-bond acceptors (Lipinski definition) is 3. The first-order valence-electron chi connectivity index (χ1n) is 8.78. The number of halogens is 3. The van der Waals surface area contributed by atoms with Gasteiger partial charge in [-0.2, -0.15) is 0 Å². The lowest BCUT2D eigenvalue weighted by Gasteiger charge is -2.23. The lowest BCUT2D eigenvalue weighted by Crippen LogP contribution is -2.30. The van der Waals surface area contributed by atoms with Crippen LogP contribution in [0.2, 0.25) is 0 Å². The maximum atomic E-state index is 12.8. The van der Waals surface area contributed by atoms with Crippen molar-refractivity contribution in [3.05, 3.63) is 71.9 Å². The molecule has 0 spiro atoms. The van der Waals surface area contributed by atoms with Gasteiger partial charge in [0.1, 0.15) is 5.75 Å². The van der Waals surface area contributed by atoms with E-state index < -0.39 is 16.4 Å². The lowest BCUT2D eigenvalue weighted by atomic mass is 10.1. The molecule has 1 heterocycles. The number of rotatable bonds is 4. The number of aryl methyl sites for hydroxylation is 1. The van der Waals surface area contributed by atoms with Crippen LogP contribution in [0, 0.1) is 18.8 Å². The van der Waals surface area contributed by atoms with E-state index in [0.717, 1.165) is 11.1 Å². The summed E-state index contributed by atoms with van der Waals surface area (Å²) in [6, 6.07) is 12.5. The Morgan fingerprint density at radius 1 is 1.04 bits per heavy atom. The second-order valence-electron chi connectivity index (χ2n) is 7.11. The molecule has 148 valence electrons. The van der Waals surface area contributed by atoms with E-state index in [4.69, 9.17) is 0 Å². The SMILES string of the molecule is Cc1ccc(S(=O)(=O)N2C=C[C@@H]3[C@H](C2)[C@H]3c2ccc(OC(F)(F)F)cc2)cc1. The van der Waals surface area contributed by atoms with Crippen LogP contribution >= 0.6 is 0 Å². The minimum Gasteiger partial charge on any atom is -0.406 e. The summed E-state index contributed by atoms with van der Waals surface area (Å²) in [7, 11) is -3.62. The molecule has 0 N–H and O–H groups in total. The predicted molar refractivity (Wildman–Crippen MR) is 97.1 cm³/mol. The van der Waals surface area contributed by atoms with Gasteiger partial charge >= 0.3 is 6.36 Å². The van der Waals surface area contributed by atoms with Crippen LogP contribution in [0.4, 0.5) is 13.2 Å². The predicted octanol–water partition coefficient (Wildman–Crippen LogP) is 4.44. The number of alkyl halides is 3. The smallest absolute Gasteiger partial charge is 0.406 e. The average molecular weight is 409 g/mol. The van der Waals surface area contributed by atoms with Crippen LogP contribution < -0.4 is 4.74 Å². The van der Waals surface area contributed by atoms with Gasteiger partial charge in [0.15, 0.2) is 0 Å². The zero-order chi connectivity index (χ0) is 20.1. The number of allylic oxidation sites excluding steroid dienone is 1. The molecule has 8 heteroatoms. The topological polar surface area (TPSA) is 46.6 Å². The van der Waals surface area contributed by atoms with Crippen LogP contribution in [0.3, 0.4) is 0 Å². The normalized spacial score (nSPS) is 24.0. The van der Waals surface area contributed by atoms with Crippen LogP contribution in [-0.2, 0) is 10.0 Å². The Morgan fingerprint density at radius 3 is 2.29 bits per heavy atom. The minimum absolute atomic E-state index is 0.0920. The highest BCUT2D eigenvalue weighted by Gasteiger charge is 2.52. The summed E-state index contributed by atoms with van der Waals surface area (Å²) in [5, 5.41) is 0. The van der Waals surface area contributed by atoms with Crippen LogP contribution in [0.15, 0.2) is 65.7 Å². The molecule has 0 aromatic heterocycles. The van der Waals surface area contributed by atoms with Gasteiger partial charge in [0.2, 0.25) is 0 Å². The third kappa shape index (κ3) is 3.61. The summed E-state index contributed by atoms with van der Waals surface area (Å²) in [5.74, 6) is 0.131. The van der Waals surface area contributed by atoms with Crippen molar-refractivity contribution in [3.8, 4) is 5.75 Å². The number of benzene rings is 2. The number of ether oxygens (including phenoxy) is 1. The fraction of sp³-hybridized carbons (Fsp3) is 0.300. The quantitative estimate of drug-likeness (QED) is 0.750. The van der Waals surface area contributed by atoms with E-state index in [1.54, 1.807) is 42.6 Å². The van der Waals surface area contributed by atoms with Crippen molar-refractivity contribution in [1.82, 2.24) is 4.31 Å². The molecule has 4 rings (SSSR count). The second kappa shape index (κ2) is 6.55. The first-order chi connectivity index (χ1) is 13.1. The van der Waals surface area contributed by atoms with E-state index in [0.29, 0.717) is 6.54 Å². The summed E-state index contributed by atoms with van der Waals surface area (Å²) in [5.41, 5.74) is 1.86. The summed E-state index contributed by atoms with van der Waals surface area (Å²) in [4.78, 5) is 0.243. The fourth-order valence-corrected chi connectivity index (χ4v) is 5.10. The van der Waals surface area contributed by atoms with Gasteiger partial charge in [-0.05, 0) is 54.5 Å². The van der Waals surface area contributed by atoms with Crippen molar-refractivity contribution in [1.29, 1.82) is 0 Å². The molecule has 1 aliphatic heterocycles. The van der Waals surface area contributed by atoms with Crippen molar-refractivity contribution in [2.75, 3.05) is 6.54 Å². The summed E-state index contributed by atoms with van der Waals surface area (Å²) in [6.07, 6.45) is -1.26. The van der Waals surface area contributed by atoms with Crippen LogP contribution in [0.1, 0.15) is 17.0 Å². The first-order valence-corrected chi connectivity index (χ1v) is 10.2. The molecule has 1 fully saturated rings. The molecular weight excluding hydrogens is 391 g/mol. The van der Waals surface area contributed by atoms with Crippen molar-refractivity contribution < 1.29 is 26.3 Å². The molecule has 0 amide bonds. The van der Waals surface area contributed by atoms with Crippen molar-refractivity contribution >= 4 is 10.0 Å². The number of nitrogens with zero attached hydrogens (tertiary/aromatic N) is 1. The maximum absolute atomic E-state index is 12.8. The summed E-state index contributed by atoms with van der Waals surface area (Å²) in [6.45, 7) is 2.24. The summed E-state index contributed by atoms with van der Waals surface area (Å²) >= 11 is 0. The van der Waals surface area contributed by atoms with E-state index in [1.165, 1.54) is 16.4 Å². The molecule has 3 atom stereocenters. The molecule has 0 unspecified atom stereocenters. The Kier molecular flexibility index (Phi) is 4.41. The Hall–Kier alpha value is -2.48. The molecule has 28 heavy (non-hydrogen) atoms. The molecule has 0 bridgehead atoms. The zero-order valence-electron chi connectivity index (χ0n) is 14.9. The van der Waals surface area contributed by atoms with Gasteiger partial charge in [-0.15, -0.1) is 13.2 Å². The summed E-state index contributed by atoms with van der Waals surface area (Å²) < 4.78 is 67.7. The van der Waals surface area contributed by atoms with Crippen molar-refractivity contribution in [2.24, 2.45) is 11.8 Å². The average Bonchev–Trinajstić information content (AvgIpc) is 3.35. The Labute approximate surface area is 161 Å². The van der Waals surface area contributed by atoms with E-state index in [1.807, 2.05) is 13.0 Å². The molecule has 2 aliphatic rings. The Bertz CT molecular complexity index is 998. The monoisotopic (exact) mass is 409 g/mol. The van der Waals surface area contributed by atoms with Gasteiger partial charge in [-0.1, -0.05) is 35.9 Å². The molecule has 1 aliphatic carbocycles. The number of hydrogen-bond donors (Lipinski definition) is 0. The van der Waals surface area contributed by atoms with Gasteiger partial charge < -0.3 is 4.74 Å². The third-order valence-electron chi connectivity index (χ3n) is 5.22. The molecular formula is C20H18F3NO3S. The van der Waals surface area contributed by atoms with Crippen LogP contribution in [0.5, 0.6) is 5.75 Å². The van der Waals surface area contributed by atoms with E-state index in [-0.39, 0.29) is 28.4 Å². The highest BCUT2D eigenvalue weighted by atomic mass is 32.2. The van der Waals surface area contributed by atoms with Crippen LogP contribution in [-0.4, -0.2) is 25.6 Å². The van der Waals surface area contributed by atoms with Gasteiger partial charge in [0, 0.05) is 12.7 Å². The van der Waals surface area contributed by atoms with Gasteiger partial charge in [0.05, 0.1) is 4.90 Å². The fourth-order valence-electron chi connectivity index (χ4n) is 3.75. The molecule has 4 nitrogen and oxygen atoms in total. The van der Waals surface area contributed by atoms with E-state index in [9.17, 15) is 21.6 Å². The molecule has 1 saturated carbocycles.